The molecule has 0 saturated carbocycles. The van der Waals surface area contributed by atoms with Crippen molar-refractivity contribution in [1.82, 2.24) is 24.3 Å². The van der Waals surface area contributed by atoms with E-state index in [1.165, 1.54) is 0 Å². The molecular formula is C11H16BrN5O2S. The van der Waals surface area contributed by atoms with Crippen molar-refractivity contribution < 1.29 is 8.42 Å². The minimum atomic E-state index is -3.55. The standard InChI is InChI=1S/C11H16BrN5O2S/c1-8-11(9(2)16(3)15-8)20(18,19)14-4-5-17-7-10(12)6-13-17/h6-7,14H,4-5H2,1-3H3. The molecule has 2 aromatic heterocycles. The Balaban J connectivity index is 2.08. The second-order valence-electron chi connectivity index (χ2n) is 4.44. The topological polar surface area (TPSA) is 81.8 Å². The third-order valence-electron chi connectivity index (χ3n) is 2.95. The predicted molar refractivity (Wildman–Crippen MR) is 77.8 cm³/mol. The highest BCUT2D eigenvalue weighted by atomic mass is 79.9. The third-order valence-corrected chi connectivity index (χ3v) is 5.07. The zero-order chi connectivity index (χ0) is 14.9. The van der Waals surface area contributed by atoms with Gasteiger partial charge < -0.3 is 0 Å². The van der Waals surface area contributed by atoms with Crippen LogP contribution in [0.2, 0.25) is 0 Å². The summed E-state index contributed by atoms with van der Waals surface area (Å²) in [4.78, 5) is 0.252. The molecule has 0 spiro atoms. The molecule has 110 valence electrons. The molecule has 0 radical (unpaired) electrons. The van der Waals surface area contributed by atoms with Gasteiger partial charge in [-0.15, -0.1) is 0 Å². The first kappa shape index (κ1) is 15.2. The summed E-state index contributed by atoms with van der Waals surface area (Å²) in [6.45, 7) is 4.15. The molecule has 9 heteroatoms. The molecule has 2 heterocycles. The van der Waals surface area contributed by atoms with Gasteiger partial charge in [0, 0.05) is 19.8 Å². The maximum atomic E-state index is 12.3. The molecule has 0 saturated heterocycles. The molecular weight excluding hydrogens is 346 g/mol. The number of rotatable bonds is 5. The van der Waals surface area contributed by atoms with Crippen LogP contribution in [0.5, 0.6) is 0 Å². The van der Waals surface area contributed by atoms with E-state index in [1.807, 2.05) is 0 Å². The second kappa shape index (κ2) is 5.66. The van der Waals surface area contributed by atoms with Gasteiger partial charge in [-0.05, 0) is 29.8 Å². The molecule has 0 bridgehead atoms. The number of nitrogens with one attached hydrogen (secondary N) is 1. The van der Waals surface area contributed by atoms with Crippen molar-refractivity contribution >= 4 is 26.0 Å². The Hall–Kier alpha value is -1.19. The summed E-state index contributed by atoms with van der Waals surface area (Å²) in [7, 11) is -1.83. The molecule has 1 N–H and O–H groups in total. The Labute approximate surface area is 126 Å². The molecule has 0 unspecified atom stereocenters. The summed E-state index contributed by atoms with van der Waals surface area (Å²) in [6, 6.07) is 0. The van der Waals surface area contributed by atoms with Crippen molar-refractivity contribution in [2.75, 3.05) is 6.54 Å². The van der Waals surface area contributed by atoms with E-state index in [-0.39, 0.29) is 11.4 Å². The Morgan fingerprint density at radius 2 is 2.10 bits per heavy atom. The lowest BCUT2D eigenvalue weighted by molar-refractivity contribution is 0.559. The highest BCUT2D eigenvalue weighted by Gasteiger charge is 2.23. The van der Waals surface area contributed by atoms with Gasteiger partial charge in [0.1, 0.15) is 4.90 Å². The molecule has 7 nitrogen and oxygen atoms in total. The van der Waals surface area contributed by atoms with E-state index in [9.17, 15) is 8.42 Å². The van der Waals surface area contributed by atoms with Crippen molar-refractivity contribution in [3.63, 3.8) is 0 Å². The lowest BCUT2D eigenvalue weighted by Crippen LogP contribution is -2.28. The van der Waals surface area contributed by atoms with Crippen molar-refractivity contribution in [2.24, 2.45) is 7.05 Å². The van der Waals surface area contributed by atoms with Crippen molar-refractivity contribution in [3.8, 4) is 0 Å². The van der Waals surface area contributed by atoms with Gasteiger partial charge in [-0.25, -0.2) is 13.1 Å². The average Bonchev–Trinajstić information content (AvgIpc) is 2.84. The molecule has 0 atom stereocenters. The monoisotopic (exact) mass is 361 g/mol. The third kappa shape index (κ3) is 3.10. The fourth-order valence-corrected chi connectivity index (χ4v) is 3.75. The summed E-state index contributed by atoms with van der Waals surface area (Å²) >= 11 is 3.29. The van der Waals surface area contributed by atoms with Crippen molar-refractivity contribution in [1.29, 1.82) is 0 Å². The van der Waals surface area contributed by atoms with E-state index in [4.69, 9.17) is 0 Å². The number of hydrogen-bond donors (Lipinski definition) is 1. The molecule has 2 aromatic rings. The van der Waals surface area contributed by atoms with E-state index >= 15 is 0 Å². The minimum Gasteiger partial charge on any atom is -0.271 e. The van der Waals surface area contributed by atoms with Gasteiger partial charge in [-0.1, -0.05) is 0 Å². The van der Waals surface area contributed by atoms with E-state index < -0.39 is 10.0 Å². The second-order valence-corrected chi connectivity index (χ2v) is 7.06. The Morgan fingerprint density at radius 1 is 1.40 bits per heavy atom. The first-order valence-electron chi connectivity index (χ1n) is 5.99. The molecule has 0 fully saturated rings. The van der Waals surface area contributed by atoms with E-state index in [1.54, 1.807) is 42.7 Å². The fraction of sp³-hybridized carbons (Fsp3) is 0.455. The van der Waals surface area contributed by atoms with E-state index in [0.29, 0.717) is 17.9 Å². The van der Waals surface area contributed by atoms with Crippen molar-refractivity contribution in [3.05, 3.63) is 28.3 Å². The van der Waals surface area contributed by atoms with Gasteiger partial charge in [-0.2, -0.15) is 10.2 Å². The number of hydrogen-bond acceptors (Lipinski definition) is 4. The number of sulfonamides is 1. The maximum Gasteiger partial charge on any atom is 0.244 e. The van der Waals surface area contributed by atoms with E-state index in [2.05, 4.69) is 30.8 Å². The summed E-state index contributed by atoms with van der Waals surface area (Å²) in [5.41, 5.74) is 1.12. The largest absolute Gasteiger partial charge is 0.271 e. The molecule has 0 aliphatic heterocycles. The van der Waals surface area contributed by atoms with Crippen LogP contribution < -0.4 is 4.72 Å². The Bertz CT molecular complexity index is 719. The summed E-state index contributed by atoms with van der Waals surface area (Å²) < 4.78 is 31.2. The van der Waals surface area contributed by atoms with Crippen LogP contribution in [0.4, 0.5) is 0 Å². The smallest absolute Gasteiger partial charge is 0.244 e. The van der Waals surface area contributed by atoms with Crippen LogP contribution in [0, 0.1) is 13.8 Å². The highest BCUT2D eigenvalue weighted by molar-refractivity contribution is 9.10. The summed E-state index contributed by atoms with van der Waals surface area (Å²) in [5.74, 6) is 0. The van der Waals surface area contributed by atoms with Crippen LogP contribution in [0.3, 0.4) is 0 Å². The van der Waals surface area contributed by atoms with Crippen molar-refractivity contribution in [2.45, 2.75) is 25.3 Å². The van der Waals surface area contributed by atoms with Crippen LogP contribution in [-0.4, -0.2) is 34.5 Å². The molecule has 0 aliphatic carbocycles. The molecule has 0 aliphatic rings. The number of halogens is 1. The van der Waals surface area contributed by atoms with Gasteiger partial charge in [0.05, 0.1) is 28.6 Å². The fourth-order valence-electron chi connectivity index (χ4n) is 1.97. The lowest BCUT2D eigenvalue weighted by atomic mass is 10.4. The quantitative estimate of drug-likeness (QED) is 0.860. The van der Waals surface area contributed by atoms with Crippen LogP contribution in [0.1, 0.15) is 11.4 Å². The first-order valence-corrected chi connectivity index (χ1v) is 8.26. The van der Waals surface area contributed by atoms with Gasteiger partial charge in [-0.3, -0.25) is 9.36 Å². The molecule has 20 heavy (non-hydrogen) atoms. The molecule has 0 aromatic carbocycles. The molecule has 0 amide bonds. The van der Waals surface area contributed by atoms with Crippen LogP contribution in [0.15, 0.2) is 21.8 Å². The zero-order valence-corrected chi connectivity index (χ0v) is 13.9. The average molecular weight is 362 g/mol. The van der Waals surface area contributed by atoms with Gasteiger partial charge in [0.15, 0.2) is 0 Å². The Kier molecular flexibility index (Phi) is 4.31. The van der Waals surface area contributed by atoms with Gasteiger partial charge in [0.2, 0.25) is 10.0 Å². The van der Waals surface area contributed by atoms with E-state index in [0.717, 1.165) is 4.47 Å². The number of aryl methyl sites for hydroxylation is 2. The van der Waals surface area contributed by atoms with Gasteiger partial charge >= 0.3 is 0 Å². The zero-order valence-electron chi connectivity index (χ0n) is 11.5. The van der Waals surface area contributed by atoms with Crippen LogP contribution in [-0.2, 0) is 23.6 Å². The van der Waals surface area contributed by atoms with Crippen LogP contribution >= 0.6 is 15.9 Å². The SMILES string of the molecule is Cc1nn(C)c(C)c1S(=O)(=O)NCCn1cc(Br)cn1. The minimum absolute atomic E-state index is 0.252. The highest BCUT2D eigenvalue weighted by Crippen LogP contribution is 2.18. The maximum absolute atomic E-state index is 12.3. The first-order chi connectivity index (χ1) is 9.31. The van der Waals surface area contributed by atoms with Crippen LogP contribution in [0.25, 0.3) is 0 Å². The Morgan fingerprint density at radius 3 is 2.60 bits per heavy atom. The number of nitrogens with zero attached hydrogens (tertiary/aromatic N) is 4. The summed E-state index contributed by atoms with van der Waals surface area (Å²) in [6.07, 6.45) is 3.44. The lowest BCUT2D eigenvalue weighted by Gasteiger charge is -2.07. The summed E-state index contributed by atoms with van der Waals surface area (Å²) in [5, 5.41) is 8.19. The molecule has 2 rings (SSSR count). The normalized spacial score (nSPS) is 12.0. The predicted octanol–water partition coefficient (Wildman–Crippen LogP) is 0.974. The van der Waals surface area contributed by atoms with Gasteiger partial charge in [0.25, 0.3) is 0 Å². The number of aromatic nitrogens is 4.